The number of nitrogens with zero attached hydrogens (tertiary/aromatic N) is 5. The first-order valence-electron chi connectivity index (χ1n) is 10.5. The number of aromatic amines is 1. The van der Waals surface area contributed by atoms with E-state index in [2.05, 4.69) is 30.8 Å². The fraction of sp³-hybridized carbons (Fsp3) is 0.318. The van der Waals surface area contributed by atoms with Crippen molar-refractivity contribution in [3.8, 4) is 0 Å². The van der Waals surface area contributed by atoms with E-state index in [1.165, 1.54) is 7.11 Å². The van der Waals surface area contributed by atoms with Crippen LogP contribution in [0.4, 0.5) is 5.69 Å². The Morgan fingerprint density at radius 1 is 1.34 bits per heavy atom. The molecular formula is C22H23N7O3. The third-order valence-corrected chi connectivity index (χ3v) is 5.59. The quantitative estimate of drug-likeness (QED) is 0.427. The van der Waals surface area contributed by atoms with E-state index in [0.717, 1.165) is 41.7 Å². The molecule has 4 aromatic rings. The first-order valence-corrected chi connectivity index (χ1v) is 10.5. The van der Waals surface area contributed by atoms with Gasteiger partial charge in [-0.15, -0.1) is 5.10 Å². The predicted octanol–water partition coefficient (Wildman–Crippen LogP) is 2.72. The van der Waals surface area contributed by atoms with E-state index < -0.39 is 12.0 Å². The van der Waals surface area contributed by atoms with Crippen molar-refractivity contribution >= 4 is 22.7 Å². The number of fused-ring (bicyclic) bond motifs is 1. The van der Waals surface area contributed by atoms with Crippen LogP contribution in [0.15, 0.2) is 48.8 Å². The van der Waals surface area contributed by atoms with Gasteiger partial charge in [0.2, 0.25) is 0 Å². The highest BCUT2D eigenvalue weighted by Gasteiger charge is 2.25. The number of rotatable bonds is 7. The van der Waals surface area contributed by atoms with E-state index in [4.69, 9.17) is 9.47 Å². The molecule has 5 rings (SSSR count). The van der Waals surface area contributed by atoms with Crippen LogP contribution in [-0.4, -0.2) is 56.0 Å². The zero-order chi connectivity index (χ0) is 21.9. The number of methoxy groups -OCH3 is 1. The van der Waals surface area contributed by atoms with Crippen LogP contribution < -0.4 is 5.32 Å². The van der Waals surface area contributed by atoms with E-state index in [1.807, 2.05) is 30.3 Å². The van der Waals surface area contributed by atoms with Crippen LogP contribution in [-0.2, 0) is 16.0 Å². The minimum absolute atomic E-state index is 0.0831. The number of benzene rings is 2. The summed E-state index contributed by atoms with van der Waals surface area (Å²) in [5.41, 5.74) is 3.93. The molecule has 1 aliphatic rings. The van der Waals surface area contributed by atoms with Gasteiger partial charge in [0.1, 0.15) is 6.04 Å². The highest BCUT2D eigenvalue weighted by Crippen LogP contribution is 2.28. The van der Waals surface area contributed by atoms with Crippen LogP contribution in [0.5, 0.6) is 0 Å². The van der Waals surface area contributed by atoms with E-state index in [0.29, 0.717) is 17.9 Å². The van der Waals surface area contributed by atoms with Crippen LogP contribution in [0.25, 0.3) is 11.0 Å². The number of hydrogen-bond donors (Lipinski definition) is 2. The molecule has 1 saturated heterocycles. The second kappa shape index (κ2) is 8.75. The molecule has 2 N–H and O–H groups in total. The van der Waals surface area contributed by atoms with E-state index in [1.54, 1.807) is 23.1 Å². The molecule has 1 aliphatic heterocycles. The van der Waals surface area contributed by atoms with Crippen molar-refractivity contribution < 1.29 is 14.3 Å². The largest absolute Gasteiger partial charge is 0.465 e. The van der Waals surface area contributed by atoms with Crippen LogP contribution in [0.1, 0.15) is 40.6 Å². The molecule has 10 nitrogen and oxygen atoms in total. The van der Waals surface area contributed by atoms with Crippen LogP contribution >= 0.6 is 0 Å². The maximum atomic E-state index is 12.1. The summed E-state index contributed by atoms with van der Waals surface area (Å²) in [6.45, 7) is 1.32. The molecule has 32 heavy (non-hydrogen) atoms. The number of nitrogens with one attached hydrogen (secondary N) is 2. The van der Waals surface area contributed by atoms with Gasteiger partial charge in [0.25, 0.3) is 0 Å². The van der Waals surface area contributed by atoms with Crippen molar-refractivity contribution in [1.82, 2.24) is 30.2 Å². The Kier molecular flexibility index (Phi) is 5.51. The number of anilines is 1. The van der Waals surface area contributed by atoms with Gasteiger partial charge in [-0.2, -0.15) is 0 Å². The summed E-state index contributed by atoms with van der Waals surface area (Å²) in [6.07, 6.45) is 3.76. The number of H-pyrrole nitrogens is 1. The van der Waals surface area contributed by atoms with Crippen molar-refractivity contribution in [2.24, 2.45) is 0 Å². The number of ether oxygens (including phenoxy) is 2. The Hall–Kier alpha value is -3.79. The third-order valence-electron chi connectivity index (χ3n) is 5.59. The second-order valence-corrected chi connectivity index (χ2v) is 7.68. The van der Waals surface area contributed by atoms with Gasteiger partial charge in [-0.05, 0) is 59.2 Å². The molecule has 10 heteroatoms. The summed E-state index contributed by atoms with van der Waals surface area (Å²) in [6, 6.07) is 12.7. The molecular weight excluding hydrogens is 410 g/mol. The zero-order valence-electron chi connectivity index (χ0n) is 17.6. The van der Waals surface area contributed by atoms with Crippen molar-refractivity contribution in [2.45, 2.75) is 31.5 Å². The number of esters is 1. The lowest BCUT2D eigenvalue weighted by Gasteiger charge is -2.21. The van der Waals surface area contributed by atoms with Crippen molar-refractivity contribution in [3.05, 3.63) is 65.7 Å². The van der Waals surface area contributed by atoms with E-state index in [9.17, 15) is 4.79 Å². The average Bonchev–Trinajstić information content (AvgIpc) is 3.59. The monoisotopic (exact) mass is 433 g/mol. The molecule has 1 fully saturated rings. The molecule has 2 atom stereocenters. The fourth-order valence-electron chi connectivity index (χ4n) is 3.98. The highest BCUT2D eigenvalue weighted by molar-refractivity contribution is 5.89. The molecule has 0 bridgehead atoms. The molecule has 0 radical (unpaired) electrons. The first-order chi connectivity index (χ1) is 15.7. The molecule has 2 unspecified atom stereocenters. The smallest absolute Gasteiger partial charge is 0.337 e. The number of tetrazole rings is 1. The Labute approximate surface area is 183 Å². The van der Waals surface area contributed by atoms with Gasteiger partial charge in [-0.3, -0.25) is 0 Å². The lowest BCUT2D eigenvalue weighted by atomic mass is 10.0. The predicted molar refractivity (Wildman–Crippen MR) is 116 cm³/mol. The van der Waals surface area contributed by atoms with Gasteiger partial charge in [0.15, 0.2) is 5.82 Å². The molecule has 0 spiro atoms. The number of carbonyl (C=O) groups is 1. The zero-order valence-corrected chi connectivity index (χ0v) is 17.6. The molecule has 2 aromatic heterocycles. The number of imidazole rings is 1. The van der Waals surface area contributed by atoms with Crippen molar-refractivity contribution in [2.75, 3.05) is 19.0 Å². The topological polar surface area (TPSA) is 120 Å². The maximum Gasteiger partial charge on any atom is 0.337 e. The Balaban J connectivity index is 1.53. The molecule has 0 saturated carbocycles. The van der Waals surface area contributed by atoms with Crippen LogP contribution in [0, 0.1) is 0 Å². The maximum absolute atomic E-state index is 12.1. The lowest BCUT2D eigenvalue weighted by molar-refractivity contribution is 0.0600. The fourth-order valence-corrected chi connectivity index (χ4v) is 3.98. The van der Waals surface area contributed by atoms with Gasteiger partial charge in [-0.1, -0.05) is 12.1 Å². The summed E-state index contributed by atoms with van der Waals surface area (Å²) < 4.78 is 12.4. The van der Waals surface area contributed by atoms with Gasteiger partial charge in [0, 0.05) is 12.3 Å². The molecule has 3 heterocycles. The van der Waals surface area contributed by atoms with Crippen molar-refractivity contribution in [1.29, 1.82) is 0 Å². The molecule has 164 valence electrons. The minimum atomic E-state index is -0.410. The summed E-state index contributed by atoms with van der Waals surface area (Å²) in [5, 5.41) is 16.0. The molecule has 2 aromatic carbocycles. The Morgan fingerprint density at radius 3 is 3.12 bits per heavy atom. The highest BCUT2D eigenvalue weighted by atomic mass is 16.5. The molecule has 0 amide bonds. The van der Waals surface area contributed by atoms with Gasteiger partial charge in [-0.25, -0.2) is 14.5 Å². The number of aromatic nitrogens is 6. The van der Waals surface area contributed by atoms with Crippen LogP contribution in [0.3, 0.4) is 0 Å². The number of hydrogen-bond acceptors (Lipinski definition) is 8. The summed E-state index contributed by atoms with van der Waals surface area (Å²) in [5.74, 6) is 0.229. The standard InChI is InChI=1S/C22H23N7O3/c1-31-22(30)15-5-2-4-14(10-15)20(25-16-7-8-18-19(11-16)24-13-23-18)21-26-27-28-29(21)12-17-6-3-9-32-17/h2,4-5,7-8,10-11,13,17,20,25H,3,6,9,12H2,1H3,(H,23,24). The number of carbonyl (C=O) groups excluding carboxylic acids is 1. The minimum Gasteiger partial charge on any atom is -0.465 e. The lowest BCUT2D eigenvalue weighted by Crippen LogP contribution is -2.23. The summed E-state index contributed by atoms with van der Waals surface area (Å²) >= 11 is 0. The Bertz CT molecular complexity index is 1230. The van der Waals surface area contributed by atoms with Crippen molar-refractivity contribution in [3.63, 3.8) is 0 Å². The summed E-state index contributed by atoms with van der Waals surface area (Å²) in [7, 11) is 1.37. The van der Waals surface area contributed by atoms with Gasteiger partial charge in [0.05, 0.1) is 42.7 Å². The van der Waals surface area contributed by atoms with Crippen LogP contribution in [0.2, 0.25) is 0 Å². The molecule has 0 aliphatic carbocycles. The second-order valence-electron chi connectivity index (χ2n) is 7.68. The summed E-state index contributed by atoms with van der Waals surface area (Å²) in [4.78, 5) is 19.6. The SMILES string of the molecule is COC(=O)c1cccc(C(Nc2ccc3[nH]cnc3c2)c2nnnn2CC2CCCO2)c1. The average molecular weight is 433 g/mol. The van der Waals surface area contributed by atoms with E-state index >= 15 is 0 Å². The van der Waals surface area contributed by atoms with Gasteiger partial charge >= 0.3 is 5.97 Å². The van der Waals surface area contributed by atoms with E-state index in [-0.39, 0.29) is 6.10 Å². The third kappa shape index (κ3) is 4.04. The van der Waals surface area contributed by atoms with Gasteiger partial charge < -0.3 is 19.8 Å². The normalized spacial score (nSPS) is 16.8. The Morgan fingerprint density at radius 2 is 2.28 bits per heavy atom. The first kappa shape index (κ1) is 20.1.